The lowest BCUT2D eigenvalue weighted by atomic mass is 9.78. The molecule has 2 nitrogen and oxygen atoms in total. The molecule has 4 heteroatoms. The number of rotatable bonds is 1. The molecule has 1 heterocycles. The smallest absolute Gasteiger partial charge is 0.423 e. The lowest BCUT2D eigenvalue weighted by molar-refractivity contribution is 0.426. The maximum absolute atomic E-state index is 9.24. The summed E-state index contributed by atoms with van der Waals surface area (Å²) in [7, 11) is -1.37. The van der Waals surface area contributed by atoms with Crippen LogP contribution in [0.2, 0.25) is 0 Å². The summed E-state index contributed by atoms with van der Waals surface area (Å²) >= 11 is 1.60. The van der Waals surface area contributed by atoms with Gasteiger partial charge in [0, 0.05) is 15.0 Å². The molecule has 0 spiro atoms. The molecular formula is C10H11BO2S. The van der Waals surface area contributed by atoms with Crippen LogP contribution < -0.4 is 5.46 Å². The van der Waals surface area contributed by atoms with Crippen LogP contribution in [0.3, 0.4) is 0 Å². The van der Waals surface area contributed by atoms with Crippen molar-refractivity contribution in [1.82, 2.24) is 0 Å². The molecule has 14 heavy (non-hydrogen) atoms. The fourth-order valence-corrected chi connectivity index (χ4v) is 2.74. The zero-order chi connectivity index (χ0) is 10.3. The fraction of sp³-hybridized carbons (Fsp3) is 0.200. The average molecular weight is 206 g/mol. The van der Waals surface area contributed by atoms with Crippen LogP contribution in [0.1, 0.15) is 10.4 Å². The molecule has 0 amide bonds. The van der Waals surface area contributed by atoms with Gasteiger partial charge in [0.1, 0.15) is 0 Å². The molecule has 0 aliphatic rings. The summed E-state index contributed by atoms with van der Waals surface area (Å²) in [6.45, 7) is 3.91. The molecule has 0 atom stereocenters. The van der Waals surface area contributed by atoms with E-state index < -0.39 is 7.12 Å². The van der Waals surface area contributed by atoms with Gasteiger partial charge in [0.2, 0.25) is 0 Å². The Morgan fingerprint density at radius 1 is 1.21 bits per heavy atom. The van der Waals surface area contributed by atoms with Gasteiger partial charge in [-0.25, -0.2) is 0 Å². The Balaban J connectivity index is 2.79. The van der Waals surface area contributed by atoms with Crippen LogP contribution in [0.15, 0.2) is 18.2 Å². The minimum Gasteiger partial charge on any atom is -0.423 e. The van der Waals surface area contributed by atoms with E-state index in [1.54, 1.807) is 11.3 Å². The Morgan fingerprint density at radius 3 is 2.57 bits per heavy atom. The van der Waals surface area contributed by atoms with E-state index in [-0.39, 0.29) is 0 Å². The molecule has 72 valence electrons. The van der Waals surface area contributed by atoms with Gasteiger partial charge in [-0.2, -0.15) is 0 Å². The second-order valence-electron chi connectivity index (χ2n) is 3.45. The normalized spacial score (nSPS) is 10.9. The first-order valence-corrected chi connectivity index (χ1v) is 5.27. The Labute approximate surface area is 87.0 Å². The van der Waals surface area contributed by atoms with Crippen LogP contribution in [0.5, 0.6) is 0 Å². The highest BCUT2D eigenvalue weighted by Gasteiger charge is 2.19. The van der Waals surface area contributed by atoms with Crippen molar-refractivity contribution in [2.45, 2.75) is 13.8 Å². The third-order valence-electron chi connectivity index (χ3n) is 2.33. The van der Waals surface area contributed by atoms with Gasteiger partial charge >= 0.3 is 7.12 Å². The minimum atomic E-state index is -1.37. The molecule has 0 unspecified atom stereocenters. The molecule has 2 aromatic rings. The van der Waals surface area contributed by atoms with Gasteiger partial charge < -0.3 is 10.0 Å². The summed E-state index contributed by atoms with van der Waals surface area (Å²) in [5, 5.41) is 19.4. The van der Waals surface area contributed by atoms with E-state index in [4.69, 9.17) is 0 Å². The first-order chi connectivity index (χ1) is 6.59. The third kappa shape index (κ3) is 1.45. The second-order valence-corrected chi connectivity index (χ2v) is 4.70. The van der Waals surface area contributed by atoms with E-state index in [0.29, 0.717) is 5.46 Å². The molecule has 1 aromatic carbocycles. The molecule has 0 fully saturated rings. The van der Waals surface area contributed by atoms with Crippen LogP contribution in [0.25, 0.3) is 10.1 Å². The summed E-state index contributed by atoms with van der Waals surface area (Å²) in [5.41, 5.74) is 1.78. The summed E-state index contributed by atoms with van der Waals surface area (Å²) in [4.78, 5) is 0.973. The van der Waals surface area contributed by atoms with Crippen molar-refractivity contribution in [1.29, 1.82) is 0 Å². The highest BCUT2D eigenvalue weighted by Crippen LogP contribution is 2.24. The Bertz CT molecular complexity index is 476. The van der Waals surface area contributed by atoms with Gasteiger partial charge in [0.05, 0.1) is 0 Å². The molecule has 0 bridgehead atoms. The number of hydrogen-bond donors (Lipinski definition) is 2. The van der Waals surface area contributed by atoms with E-state index in [1.807, 2.05) is 32.0 Å². The van der Waals surface area contributed by atoms with E-state index in [1.165, 1.54) is 0 Å². The lowest BCUT2D eigenvalue weighted by Gasteiger charge is -1.99. The predicted molar refractivity (Wildman–Crippen MR) is 61.1 cm³/mol. The standard InChI is InChI=1S/C10H11BO2S/c1-6-3-4-9-8(5-6)10(11(12)13)7(2)14-9/h3-5,12-13H,1-2H3. The van der Waals surface area contributed by atoms with Crippen molar-refractivity contribution < 1.29 is 10.0 Å². The van der Waals surface area contributed by atoms with Crippen LogP contribution >= 0.6 is 11.3 Å². The number of thiophene rings is 1. The van der Waals surface area contributed by atoms with Crippen molar-refractivity contribution in [3.63, 3.8) is 0 Å². The molecular weight excluding hydrogens is 195 g/mol. The van der Waals surface area contributed by atoms with Crippen LogP contribution in [-0.2, 0) is 0 Å². The average Bonchev–Trinajstić information content (AvgIpc) is 2.40. The first kappa shape index (κ1) is 9.71. The highest BCUT2D eigenvalue weighted by molar-refractivity contribution is 7.20. The number of hydrogen-bond acceptors (Lipinski definition) is 3. The predicted octanol–water partition coefficient (Wildman–Crippen LogP) is 1.20. The Hall–Kier alpha value is -0.835. The van der Waals surface area contributed by atoms with E-state index in [0.717, 1.165) is 20.5 Å². The third-order valence-corrected chi connectivity index (χ3v) is 3.43. The Morgan fingerprint density at radius 2 is 1.93 bits per heavy atom. The van der Waals surface area contributed by atoms with Crippen molar-refractivity contribution in [3.05, 3.63) is 28.6 Å². The maximum atomic E-state index is 9.24. The molecule has 2 N–H and O–H groups in total. The summed E-state index contributed by atoms with van der Waals surface area (Å²) in [6.07, 6.45) is 0. The largest absolute Gasteiger partial charge is 0.490 e. The van der Waals surface area contributed by atoms with Gasteiger partial charge in [0.25, 0.3) is 0 Å². The van der Waals surface area contributed by atoms with Crippen LogP contribution in [0.4, 0.5) is 0 Å². The molecule has 0 aliphatic heterocycles. The van der Waals surface area contributed by atoms with Crippen molar-refractivity contribution in [3.8, 4) is 0 Å². The maximum Gasteiger partial charge on any atom is 0.490 e. The van der Waals surface area contributed by atoms with Gasteiger partial charge in [0.15, 0.2) is 0 Å². The Kier molecular flexibility index (Phi) is 2.35. The van der Waals surface area contributed by atoms with Crippen LogP contribution in [0, 0.1) is 13.8 Å². The SMILES string of the molecule is Cc1ccc2sc(C)c(B(O)O)c2c1. The summed E-state index contributed by atoms with van der Waals surface area (Å²) in [5.74, 6) is 0. The van der Waals surface area contributed by atoms with Gasteiger partial charge in [-0.05, 0) is 25.3 Å². The van der Waals surface area contributed by atoms with Crippen molar-refractivity contribution in [2.24, 2.45) is 0 Å². The van der Waals surface area contributed by atoms with Gasteiger partial charge in [-0.3, -0.25) is 0 Å². The highest BCUT2D eigenvalue weighted by atomic mass is 32.1. The number of fused-ring (bicyclic) bond motifs is 1. The molecule has 0 aliphatic carbocycles. The second kappa shape index (κ2) is 3.39. The zero-order valence-corrected chi connectivity index (χ0v) is 8.93. The van der Waals surface area contributed by atoms with E-state index in [9.17, 15) is 10.0 Å². The lowest BCUT2D eigenvalue weighted by Crippen LogP contribution is -2.30. The van der Waals surface area contributed by atoms with E-state index >= 15 is 0 Å². The fourth-order valence-electron chi connectivity index (χ4n) is 1.67. The monoisotopic (exact) mass is 206 g/mol. The zero-order valence-electron chi connectivity index (χ0n) is 8.11. The first-order valence-electron chi connectivity index (χ1n) is 4.45. The number of aryl methyl sites for hydroxylation is 2. The van der Waals surface area contributed by atoms with Crippen LogP contribution in [-0.4, -0.2) is 17.2 Å². The molecule has 0 radical (unpaired) electrons. The van der Waals surface area contributed by atoms with E-state index in [2.05, 4.69) is 0 Å². The molecule has 0 saturated carbocycles. The van der Waals surface area contributed by atoms with Crippen molar-refractivity contribution >= 4 is 34.0 Å². The van der Waals surface area contributed by atoms with Gasteiger partial charge in [-0.15, -0.1) is 11.3 Å². The quantitative estimate of drug-likeness (QED) is 0.688. The molecule has 0 saturated heterocycles. The summed E-state index contributed by atoms with van der Waals surface area (Å²) in [6, 6.07) is 6.05. The summed E-state index contributed by atoms with van der Waals surface area (Å²) < 4.78 is 1.11. The molecule has 2 rings (SSSR count). The molecule has 1 aromatic heterocycles. The topological polar surface area (TPSA) is 40.5 Å². The minimum absolute atomic E-state index is 0.647. The van der Waals surface area contributed by atoms with Gasteiger partial charge in [-0.1, -0.05) is 17.7 Å². The van der Waals surface area contributed by atoms with Crippen molar-refractivity contribution in [2.75, 3.05) is 0 Å². The number of benzene rings is 1.